The number of halogens is 1. The van der Waals surface area contributed by atoms with E-state index >= 15 is 0 Å². The first kappa shape index (κ1) is 19.9. The van der Waals surface area contributed by atoms with Gasteiger partial charge in [-0.2, -0.15) is 0 Å². The third-order valence-corrected chi connectivity index (χ3v) is 4.57. The summed E-state index contributed by atoms with van der Waals surface area (Å²) in [5.74, 6) is -1.09. The van der Waals surface area contributed by atoms with Crippen molar-refractivity contribution in [1.82, 2.24) is 0 Å². The number of aromatic carboxylic acids is 1. The quantitative estimate of drug-likeness (QED) is 0.434. The van der Waals surface area contributed by atoms with Crippen molar-refractivity contribution in [2.24, 2.45) is 5.92 Å². The third kappa shape index (κ3) is 6.49. The minimum atomic E-state index is -1.10. The molecule has 1 atom stereocenters. The molecule has 0 bridgehead atoms. The summed E-state index contributed by atoms with van der Waals surface area (Å²) in [5.41, 5.74) is 0.159. The van der Waals surface area contributed by atoms with Crippen molar-refractivity contribution in [2.45, 2.75) is 59.0 Å². The number of ether oxygens (including phenoxy) is 1. The molecule has 1 aromatic carbocycles. The van der Waals surface area contributed by atoms with E-state index in [-0.39, 0.29) is 17.2 Å². The highest BCUT2D eigenvalue weighted by Gasteiger charge is 2.23. The van der Waals surface area contributed by atoms with Crippen LogP contribution < -0.4 is 0 Å². The van der Waals surface area contributed by atoms with E-state index < -0.39 is 11.9 Å². The molecule has 0 heterocycles. The Morgan fingerprint density at radius 1 is 1.22 bits per heavy atom. The largest absolute Gasteiger partial charge is 0.478 e. The van der Waals surface area contributed by atoms with Gasteiger partial charge in [-0.1, -0.05) is 39.7 Å². The standard InChI is InChI=1S/C18H25IO4/c1-4-5-7-13(11-10-12(2)3)23-18(22)14-8-6-9-15(19)16(14)17(20)21/h6,8-9,12-13H,4-5,7,10-11H2,1-3H3,(H,20,21). The molecule has 0 saturated carbocycles. The number of rotatable bonds is 9. The van der Waals surface area contributed by atoms with Gasteiger partial charge in [0.2, 0.25) is 0 Å². The Morgan fingerprint density at radius 2 is 1.91 bits per heavy atom. The molecule has 0 fully saturated rings. The number of hydrogen-bond acceptors (Lipinski definition) is 3. The van der Waals surface area contributed by atoms with Gasteiger partial charge in [0, 0.05) is 3.57 Å². The molecule has 0 aliphatic heterocycles. The van der Waals surface area contributed by atoms with E-state index in [0.717, 1.165) is 32.1 Å². The average Bonchev–Trinajstić information content (AvgIpc) is 2.48. The molecule has 0 spiro atoms. The van der Waals surface area contributed by atoms with Gasteiger partial charge in [0.05, 0.1) is 11.1 Å². The number of hydrogen-bond donors (Lipinski definition) is 1. The highest BCUT2D eigenvalue weighted by atomic mass is 127. The van der Waals surface area contributed by atoms with Crippen molar-refractivity contribution < 1.29 is 19.4 Å². The molecular formula is C18H25IO4. The van der Waals surface area contributed by atoms with Gasteiger partial charge >= 0.3 is 11.9 Å². The average molecular weight is 432 g/mol. The molecule has 4 nitrogen and oxygen atoms in total. The number of benzene rings is 1. The Labute approximate surface area is 151 Å². The third-order valence-electron chi connectivity index (χ3n) is 3.67. The van der Waals surface area contributed by atoms with Crippen molar-refractivity contribution in [2.75, 3.05) is 0 Å². The Bertz CT molecular complexity index is 540. The van der Waals surface area contributed by atoms with E-state index in [1.54, 1.807) is 12.1 Å². The zero-order valence-electron chi connectivity index (χ0n) is 14.0. The molecule has 1 aromatic rings. The van der Waals surface area contributed by atoms with Crippen LogP contribution in [0.25, 0.3) is 0 Å². The lowest BCUT2D eigenvalue weighted by Crippen LogP contribution is -2.21. The fraction of sp³-hybridized carbons (Fsp3) is 0.556. The van der Waals surface area contributed by atoms with Crippen LogP contribution in [0.5, 0.6) is 0 Å². The monoisotopic (exact) mass is 432 g/mol. The summed E-state index contributed by atoms with van der Waals surface area (Å²) in [6, 6.07) is 4.88. The van der Waals surface area contributed by atoms with Gasteiger partial charge in [-0.25, -0.2) is 9.59 Å². The van der Waals surface area contributed by atoms with Crippen LogP contribution in [0, 0.1) is 9.49 Å². The first-order chi connectivity index (χ1) is 10.9. The van der Waals surface area contributed by atoms with Crippen LogP contribution in [0.2, 0.25) is 0 Å². The molecule has 0 aliphatic carbocycles. The van der Waals surface area contributed by atoms with Crippen molar-refractivity contribution in [3.8, 4) is 0 Å². The predicted molar refractivity (Wildman–Crippen MR) is 98.9 cm³/mol. The van der Waals surface area contributed by atoms with E-state index in [9.17, 15) is 14.7 Å². The SMILES string of the molecule is CCCCC(CCC(C)C)OC(=O)c1cccc(I)c1C(=O)O. The molecule has 5 heteroatoms. The maximum absolute atomic E-state index is 12.5. The summed E-state index contributed by atoms with van der Waals surface area (Å²) in [6.07, 6.45) is 4.51. The second kappa shape index (κ2) is 9.90. The second-order valence-corrected chi connectivity index (χ2v) is 7.27. The first-order valence-electron chi connectivity index (χ1n) is 8.09. The summed E-state index contributed by atoms with van der Waals surface area (Å²) in [6.45, 7) is 6.38. The van der Waals surface area contributed by atoms with Crippen LogP contribution in [0.3, 0.4) is 0 Å². The zero-order chi connectivity index (χ0) is 17.4. The highest BCUT2D eigenvalue weighted by Crippen LogP contribution is 2.21. The summed E-state index contributed by atoms with van der Waals surface area (Å²) in [4.78, 5) is 23.9. The minimum Gasteiger partial charge on any atom is -0.478 e. The molecule has 1 unspecified atom stereocenters. The Morgan fingerprint density at radius 3 is 2.48 bits per heavy atom. The molecular weight excluding hydrogens is 407 g/mol. The lowest BCUT2D eigenvalue weighted by Gasteiger charge is -2.19. The van der Waals surface area contributed by atoms with Crippen LogP contribution in [0.4, 0.5) is 0 Å². The molecule has 0 radical (unpaired) electrons. The van der Waals surface area contributed by atoms with Crippen LogP contribution in [-0.4, -0.2) is 23.1 Å². The summed E-state index contributed by atoms with van der Waals surface area (Å²) in [5, 5.41) is 9.33. The highest BCUT2D eigenvalue weighted by molar-refractivity contribution is 14.1. The molecule has 23 heavy (non-hydrogen) atoms. The van der Waals surface area contributed by atoms with Gasteiger partial charge in [0.15, 0.2) is 0 Å². The molecule has 1 N–H and O–H groups in total. The van der Waals surface area contributed by atoms with Gasteiger partial charge in [-0.15, -0.1) is 0 Å². The van der Waals surface area contributed by atoms with Gasteiger partial charge in [-0.3, -0.25) is 0 Å². The smallest absolute Gasteiger partial charge is 0.339 e. The molecule has 0 saturated heterocycles. The van der Waals surface area contributed by atoms with Gasteiger partial charge in [0.1, 0.15) is 6.10 Å². The summed E-state index contributed by atoms with van der Waals surface area (Å²) >= 11 is 1.93. The molecule has 0 aliphatic rings. The predicted octanol–water partition coefficient (Wildman–Crippen LogP) is 5.14. The second-order valence-electron chi connectivity index (χ2n) is 6.11. The van der Waals surface area contributed by atoms with Gasteiger partial charge in [-0.05, 0) is 59.9 Å². The Balaban J connectivity index is 2.89. The van der Waals surface area contributed by atoms with E-state index in [4.69, 9.17) is 4.74 Å². The van der Waals surface area contributed by atoms with Crippen LogP contribution in [0.15, 0.2) is 18.2 Å². The normalized spacial score (nSPS) is 12.2. The molecule has 0 aromatic heterocycles. The fourth-order valence-corrected chi connectivity index (χ4v) is 3.07. The summed E-state index contributed by atoms with van der Waals surface area (Å²) in [7, 11) is 0. The van der Waals surface area contributed by atoms with Crippen LogP contribution in [-0.2, 0) is 4.74 Å². The van der Waals surface area contributed by atoms with Crippen molar-refractivity contribution in [3.63, 3.8) is 0 Å². The lowest BCUT2D eigenvalue weighted by atomic mass is 10.0. The maximum Gasteiger partial charge on any atom is 0.339 e. The minimum absolute atomic E-state index is 0.0243. The number of carboxylic acid groups (broad SMARTS) is 1. The Kier molecular flexibility index (Phi) is 8.58. The van der Waals surface area contributed by atoms with Gasteiger partial charge in [0.25, 0.3) is 0 Å². The number of unbranched alkanes of at least 4 members (excludes halogenated alkanes) is 1. The molecule has 1 rings (SSSR count). The van der Waals surface area contributed by atoms with Crippen LogP contribution in [0.1, 0.15) is 73.6 Å². The van der Waals surface area contributed by atoms with E-state index in [1.807, 2.05) is 22.6 Å². The first-order valence-corrected chi connectivity index (χ1v) is 9.17. The number of carboxylic acids is 1. The van der Waals surface area contributed by atoms with E-state index in [1.165, 1.54) is 6.07 Å². The van der Waals surface area contributed by atoms with E-state index in [0.29, 0.717) is 9.49 Å². The number of esters is 1. The molecule has 128 valence electrons. The van der Waals surface area contributed by atoms with Crippen molar-refractivity contribution >= 4 is 34.5 Å². The van der Waals surface area contributed by atoms with Gasteiger partial charge < -0.3 is 9.84 Å². The summed E-state index contributed by atoms with van der Waals surface area (Å²) < 4.78 is 6.17. The van der Waals surface area contributed by atoms with E-state index in [2.05, 4.69) is 20.8 Å². The number of carbonyl (C=O) groups excluding carboxylic acids is 1. The Hall–Kier alpha value is -1.11. The fourth-order valence-electron chi connectivity index (χ4n) is 2.34. The van der Waals surface area contributed by atoms with Crippen molar-refractivity contribution in [1.29, 1.82) is 0 Å². The molecule has 0 amide bonds. The lowest BCUT2D eigenvalue weighted by molar-refractivity contribution is 0.0238. The number of carbonyl (C=O) groups is 2. The zero-order valence-corrected chi connectivity index (χ0v) is 16.1. The van der Waals surface area contributed by atoms with Crippen molar-refractivity contribution in [3.05, 3.63) is 32.9 Å². The maximum atomic E-state index is 12.5. The topological polar surface area (TPSA) is 63.6 Å². The van der Waals surface area contributed by atoms with Crippen LogP contribution >= 0.6 is 22.6 Å².